The zero-order valence-corrected chi connectivity index (χ0v) is 20.1. The first-order valence-corrected chi connectivity index (χ1v) is 12.5. The number of hydrogen-bond donors (Lipinski definition) is 1. The number of benzene rings is 3. The van der Waals surface area contributed by atoms with Crippen LogP contribution in [0.15, 0.2) is 71.6 Å². The minimum atomic E-state index is -3.74. The molecular formula is C24H21ClN2O3S2. The highest BCUT2D eigenvalue weighted by Gasteiger charge is 2.22. The van der Waals surface area contributed by atoms with E-state index in [0.29, 0.717) is 15.6 Å². The molecule has 0 saturated heterocycles. The van der Waals surface area contributed by atoms with Crippen LogP contribution in [0.1, 0.15) is 20.8 Å². The number of anilines is 2. The molecule has 4 aromatic rings. The fourth-order valence-electron chi connectivity index (χ4n) is 3.38. The van der Waals surface area contributed by atoms with Crippen LogP contribution < -0.4 is 9.62 Å². The normalized spacial score (nSPS) is 11.5. The van der Waals surface area contributed by atoms with Gasteiger partial charge in [-0.15, -0.1) is 11.3 Å². The summed E-state index contributed by atoms with van der Waals surface area (Å²) in [5, 5.41) is 4.23. The molecule has 164 valence electrons. The average molecular weight is 485 g/mol. The van der Waals surface area contributed by atoms with Crippen molar-refractivity contribution in [2.24, 2.45) is 0 Å². The van der Waals surface area contributed by atoms with Gasteiger partial charge in [-0.3, -0.25) is 9.10 Å². The van der Waals surface area contributed by atoms with Crippen LogP contribution in [0.25, 0.3) is 10.1 Å². The fraction of sp³-hybridized carbons (Fsp3) is 0.125. The molecule has 0 aliphatic rings. The Kier molecular flexibility index (Phi) is 5.99. The second kappa shape index (κ2) is 8.58. The van der Waals surface area contributed by atoms with Gasteiger partial charge in [0.1, 0.15) is 0 Å². The van der Waals surface area contributed by atoms with Gasteiger partial charge in [0.15, 0.2) is 0 Å². The van der Waals surface area contributed by atoms with Gasteiger partial charge in [-0.05, 0) is 79.4 Å². The van der Waals surface area contributed by atoms with Crippen LogP contribution in [0.5, 0.6) is 0 Å². The topological polar surface area (TPSA) is 66.5 Å². The number of hydrogen-bond acceptors (Lipinski definition) is 4. The van der Waals surface area contributed by atoms with Gasteiger partial charge in [0.2, 0.25) is 0 Å². The first-order chi connectivity index (χ1) is 15.1. The summed E-state index contributed by atoms with van der Waals surface area (Å²) in [5.74, 6) is -0.193. The number of rotatable bonds is 5. The number of halogens is 1. The van der Waals surface area contributed by atoms with E-state index in [9.17, 15) is 13.2 Å². The molecular weight excluding hydrogens is 464 g/mol. The largest absolute Gasteiger partial charge is 0.321 e. The first-order valence-electron chi connectivity index (χ1n) is 9.82. The number of sulfonamides is 1. The molecule has 0 bridgehead atoms. The van der Waals surface area contributed by atoms with E-state index in [1.807, 2.05) is 38.1 Å². The molecule has 1 heterocycles. The Balaban J connectivity index is 1.61. The number of carbonyl (C=O) groups is 1. The minimum absolute atomic E-state index is 0.156. The molecule has 0 atom stereocenters. The van der Waals surface area contributed by atoms with Crippen molar-refractivity contribution in [1.82, 2.24) is 0 Å². The zero-order chi connectivity index (χ0) is 23.0. The molecule has 0 unspecified atom stereocenters. The Morgan fingerprint density at radius 3 is 2.38 bits per heavy atom. The van der Waals surface area contributed by atoms with Crippen LogP contribution in [0.3, 0.4) is 0 Å². The third kappa shape index (κ3) is 4.37. The maximum atomic E-state index is 13.0. The molecule has 0 saturated carbocycles. The molecule has 1 N–H and O–H groups in total. The van der Waals surface area contributed by atoms with E-state index in [4.69, 9.17) is 11.6 Å². The van der Waals surface area contributed by atoms with Gasteiger partial charge in [0.05, 0.1) is 15.5 Å². The quantitative estimate of drug-likeness (QED) is 0.364. The second-order valence-corrected chi connectivity index (χ2v) is 11.0. The van der Waals surface area contributed by atoms with Crippen LogP contribution in [0, 0.1) is 13.8 Å². The van der Waals surface area contributed by atoms with Crippen molar-refractivity contribution < 1.29 is 13.2 Å². The van der Waals surface area contributed by atoms with E-state index in [1.165, 1.54) is 34.8 Å². The van der Waals surface area contributed by atoms with Crippen molar-refractivity contribution >= 4 is 60.3 Å². The van der Waals surface area contributed by atoms with Crippen molar-refractivity contribution in [3.05, 3.63) is 87.8 Å². The van der Waals surface area contributed by atoms with Crippen molar-refractivity contribution in [1.29, 1.82) is 0 Å². The molecule has 0 fully saturated rings. The minimum Gasteiger partial charge on any atom is -0.321 e. The molecule has 32 heavy (non-hydrogen) atoms. The van der Waals surface area contributed by atoms with E-state index in [0.717, 1.165) is 26.9 Å². The van der Waals surface area contributed by atoms with Gasteiger partial charge in [-0.2, -0.15) is 0 Å². The number of fused-ring (bicyclic) bond motifs is 1. The van der Waals surface area contributed by atoms with E-state index in [2.05, 4.69) is 5.32 Å². The smallest absolute Gasteiger partial charge is 0.265 e. The zero-order valence-electron chi connectivity index (χ0n) is 17.7. The molecule has 0 aliphatic carbocycles. The van der Waals surface area contributed by atoms with Gasteiger partial charge in [-0.1, -0.05) is 29.3 Å². The lowest BCUT2D eigenvalue weighted by atomic mass is 10.1. The number of nitrogens with one attached hydrogen (secondary N) is 1. The number of aryl methyl sites for hydroxylation is 2. The number of amides is 1. The second-order valence-electron chi connectivity index (χ2n) is 7.53. The van der Waals surface area contributed by atoms with Crippen LogP contribution in [0.4, 0.5) is 11.4 Å². The van der Waals surface area contributed by atoms with Crippen molar-refractivity contribution in [2.75, 3.05) is 16.7 Å². The molecule has 8 heteroatoms. The third-order valence-corrected chi connectivity index (χ3v) is 8.36. The molecule has 1 aromatic heterocycles. The lowest BCUT2D eigenvalue weighted by Crippen LogP contribution is -2.26. The summed E-state index contributed by atoms with van der Waals surface area (Å²) in [7, 11) is -2.23. The molecule has 5 nitrogen and oxygen atoms in total. The summed E-state index contributed by atoms with van der Waals surface area (Å²) in [4.78, 5) is 13.5. The Hall–Kier alpha value is -2.87. The van der Waals surface area contributed by atoms with Crippen LogP contribution >= 0.6 is 22.9 Å². The third-order valence-electron chi connectivity index (χ3n) is 5.19. The number of thiophene rings is 1. The molecule has 1 amide bonds. The van der Waals surface area contributed by atoms with Gasteiger partial charge < -0.3 is 5.32 Å². The Morgan fingerprint density at radius 1 is 0.969 bits per heavy atom. The molecule has 3 aromatic carbocycles. The van der Waals surface area contributed by atoms with Gasteiger partial charge in [0, 0.05) is 22.5 Å². The van der Waals surface area contributed by atoms with E-state index >= 15 is 0 Å². The predicted molar refractivity (Wildman–Crippen MR) is 133 cm³/mol. The van der Waals surface area contributed by atoms with Crippen molar-refractivity contribution in [3.63, 3.8) is 0 Å². The summed E-state index contributed by atoms with van der Waals surface area (Å²) in [6.07, 6.45) is 0. The highest BCUT2D eigenvalue weighted by Crippen LogP contribution is 2.32. The molecule has 0 radical (unpaired) electrons. The summed E-state index contributed by atoms with van der Waals surface area (Å²) >= 11 is 7.24. The van der Waals surface area contributed by atoms with Crippen LogP contribution in [0.2, 0.25) is 5.02 Å². The Bertz CT molecular complexity index is 1430. The maximum absolute atomic E-state index is 13.0. The summed E-state index contributed by atoms with van der Waals surface area (Å²) in [5.41, 5.74) is 3.41. The van der Waals surface area contributed by atoms with Gasteiger partial charge in [0.25, 0.3) is 15.9 Å². The van der Waals surface area contributed by atoms with E-state index < -0.39 is 10.0 Å². The molecule has 4 rings (SSSR count). The molecule has 0 spiro atoms. The van der Waals surface area contributed by atoms with Crippen molar-refractivity contribution in [2.45, 2.75) is 18.7 Å². The van der Waals surface area contributed by atoms with Gasteiger partial charge >= 0.3 is 0 Å². The SMILES string of the molecule is Cc1ccc(NC(=O)c2cc3cc(N(C)S(=O)(=O)c4ccc(Cl)cc4)ccc3s2)c(C)c1. The lowest BCUT2D eigenvalue weighted by Gasteiger charge is -2.19. The van der Waals surface area contributed by atoms with E-state index in [1.54, 1.807) is 30.3 Å². The molecule has 0 aliphatic heterocycles. The predicted octanol–water partition coefficient (Wildman–Crippen LogP) is 6.25. The Labute approximate surface area is 196 Å². The fourth-order valence-corrected chi connectivity index (χ4v) is 5.63. The monoisotopic (exact) mass is 484 g/mol. The first kappa shape index (κ1) is 22.3. The summed E-state index contributed by atoms with van der Waals surface area (Å²) < 4.78 is 28.1. The maximum Gasteiger partial charge on any atom is 0.265 e. The summed E-state index contributed by atoms with van der Waals surface area (Å²) in [6.45, 7) is 3.96. The Morgan fingerprint density at radius 2 is 1.69 bits per heavy atom. The van der Waals surface area contributed by atoms with Crippen LogP contribution in [-0.2, 0) is 10.0 Å². The van der Waals surface area contributed by atoms with Crippen molar-refractivity contribution in [3.8, 4) is 0 Å². The standard InChI is InChI=1S/C24H21ClN2O3S2/c1-15-4-10-21(16(2)12-15)26-24(28)23-14-17-13-19(7-11-22(17)31-23)27(3)32(29,30)20-8-5-18(25)6-9-20/h4-14H,1-3H3,(H,26,28). The number of carbonyl (C=O) groups excluding carboxylic acids is 1. The van der Waals surface area contributed by atoms with E-state index in [-0.39, 0.29) is 10.8 Å². The summed E-state index contributed by atoms with van der Waals surface area (Å²) in [6, 6.07) is 19.0. The highest BCUT2D eigenvalue weighted by atomic mass is 35.5. The van der Waals surface area contributed by atoms with Gasteiger partial charge in [-0.25, -0.2) is 8.42 Å². The average Bonchev–Trinajstić information content (AvgIpc) is 3.19. The van der Waals surface area contributed by atoms with Crippen LogP contribution in [-0.4, -0.2) is 21.4 Å². The lowest BCUT2D eigenvalue weighted by molar-refractivity contribution is 0.103. The number of nitrogens with zero attached hydrogens (tertiary/aromatic N) is 1. The highest BCUT2D eigenvalue weighted by molar-refractivity contribution is 7.92.